The van der Waals surface area contributed by atoms with Crippen LogP contribution >= 0.6 is 0 Å². The first-order chi connectivity index (χ1) is 8.16. The van der Waals surface area contributed by atoms with Gasteiger partial charge in [-0.25, -0.2) is 4.79 Å². The van der Waals surface area contributed by atoms with Crippen molar-refractivity contribution >= 4 is 6.09 Å². The number of amides is 1. The lowest BCUT2D eigenvalue weighted by molar-refractivity contribution is 0.0654. The Morgan fingerprint density at radius 3 is 2.59 bits per heavy atom. The van der Waals surface area contributed by atoms with Crippen molar-refractivity contribution in [2.24, 2.45) is 0 Å². The maximum absolute atomic E-state index is 11.0. The molecule has 0 aromatic rings. The fourth-order valence-corrected chi connectivity index (χ4v) is 2.81. The lowest BCUT2D eigenvalue weighted by atomic mass is 9.96. The monoisotopic (exact) mass is 242 g/mol. The van der Waals surface area contributed by atoms with E-state index in [9.17, 15) is 4.79 Å². The quantitative estimate of drug-likeness (QED) is 0.766. The first kappa shape index (κ1) is 12.6. The zero-order valence-electron chi connectivity index (χ0n) is 10.4. The third-order valence-electron chi connectivity index (χ3n) is 3.81. The average Bonchev–Trinajstić information content (AvgIpc) is 2.30. The summed E-state index contributed by atoms with van der Waals surface area (Å²) in [6.07, 6.45) is 3.21. The fourth-order valence-electron chi connectivity index (χ4n) is 2.81. The van der Waals surface area contributed by atoms with Crippen LogP contribution in [0.3, 0.4) is 0 Å². The van der Waals surface area contributed by atoms with E-state index in [4.69, 9.17) is 9.84 Å². The van der Waals surface area contributed by atoms with Gasteiger partial charge < -0.3 is 20.1 Å². The van der Waals surface area contributed by atoms with Crippen LogP contribution in [0, 0.1) is 0 Å². The summed E-state index contributed by atoms with van der Waals surface area (Å²) in [4.78, 5) is 12.5. The minimum absolute atomic E-state index is 0.124. The predicted molar refractivity (Wildman–Crippen MR) is 64.2 cm³/mol. The minimum Gasteiger partial charge on any atom is -0.465 e. The summed E-state index contributed by atoms with van der Waals surface area (Å²) in [5, 5.41) is 12.7. The van der Waals surface area contributed by atoms with Crippen LogP contribution in [0.1, 0.15) is 32.6 Å². The number of ether oxygens (including phenoxy) is 1. The molecular weight excluding hydrogens is 220 g/mol. The van der Waals surface area contributed by atoms with Gasteiger partial charge in [0, 0.05) is 37.9 Å². The van der Waals surface area contributed by atoms with Crippen molar-refractivity contribution in [3.8, 4) is 0 Å². The Hall–Kier alpha value is -0.810. The Balaban J connectivity index is 1.78. The maximum Gasteiger partial charge on any atom is 0.407 e. The summed E-state index contributed by atoms with van der Waals surface area (Å²) in [6.45, 7) is 4.34. The van der Waals surface area contributed by atoms with Gasteiger partial charge in [-0.2, -0.15) is 0 Å². The van der Waals surface area contributed by atoms with Gasteiger partial charge in [0.2, 0.25) is 0 Å². The molecule has 2 saturated heterocycles. The number of carboxylic acid groups (broad SMARTS) is 1. The number of hydrogen-bond acceptors (Lipinski definition) is 3. The summed E-state index contributed by atoms with van der Waals surface area (Å²) in [5.74, 6) is 0. The fraction of sp³-hybridized carbons (Fsp3) is 0.917. The largest absolute Gasteiger partial charge is 0.465 e. The van der Waals surface area contributed by atoms with E-state index in [1.807, 2.05) is 6.92 Å². The molecule has 0 radical (unpaired) electrons. The number of nitrogens with one attached hydrogen (secondary N) is 1. The lowest BCUT2D eigenvalue weighted by Crippen LogP contribution is -2.52. The molecule has 2 aliphatic rings. The molecule has 2 unspecified atom stereocenters. The molecule has 2 N–H and O–H groups in total. The van der Waals surface area contributed by atoms with Gasteiger partial charge in [0.15, 0.2) is 0 Å². The van der Waals surface area contributed by atoms with Crippen molar-refractivity contribution in [2.45, 2.75) is 50.7 Å². The minimum atomic E-state index is -0.790. The highest BCUT2D eigenvalue weighted by Gasteiger charge is 2.29. The number of carbonyl (C=O) groups is 1. The van der Waals surface area contributed by atoms with E-state index < -0.39 is 6.09 Å². The van der Waals surface area contributed by atoms with Gasteiger partial charge in [-0.15, -0.1) is 0 Å². The van der Waals surface area contributed by atoms with E-state index in [1.54, 1.807) is 4.90 Å². The lowest BCUT2D eigenvalue weighted by Gasteiger charge is -2.38. The van der Waals surface area contributed by atoms with Crippen LogP contribution < -0.4 is 5.32 Å². The van der Waals surface area contributed by atoms with Crippen LogP contribution in [0.15, 0.2) is 0 Å². The highest BCUT2D eigenvalue weighted by Crippen LogP contribution is 2.19. The molecule has 1 amide bonds. The molecule has 0 aliphatic carbocycles. The van der Waals surface area contributed by atoms with Crippen LogP contribution in [0.5, 0.6) is 0 Å². The molecule has 2 fully saturated rings. The molecule has 5 heteroatoms. The second kappa shape index (κ2) is 5.69. The maximum atomic E-state index is 11.0. The number of piperidine rings is 1. The molecule has 2 rings (SSSR count). The summed E-state index contributed by atoms with van der Waals surface area (Å²) < 4.78 is 5.33. The SMILES string of the molecule is CC1CC(NC2CCOCC2)CCN1C(=O)O. The highest BCUT2D eigenvalue weighted by atomic mass is 16.5. The van der Waals surface area contributed by atoms with Crippen molar-refractivity contribution in [3.05, 3.63) is 0 Å². The Morgan fingerprint density at radius 1 is 1.29 bits per heavy atom. The molecule has 2 heterocycles. The van der Waals surface area contributed by atoms with Gasteiger partial charge in [0.05, 0.1) is 0 Å². The predicted octanol–water partition coefficient (Wildman–Crippen LogP) is 1.29. The molecule has 17 heavy (non-hydrogen) atoms. The van der Waals surface area contributed by atoms with Crippen LogP contribution in [0.4, 0.5) is 4.79 Å². The molecule has 2 aliphatic heterocycles. The Labute approximate surface area is 102 Å². The molecule has 0 aromatic carbocycles. The van der Waals surface area contributed by atoms with E-state index in [1.165, 1.54) is 0 Å². The van der Waals surface area contributed by atoms with Gasteiger partial charge in [-0.1, -0.05) is 0 Å². The second-order valence-corrected chi connectivity index (χ2v) is 5.10. The van der Waals surface area contributed by atoms with Crippen molar-refractivity contribution in [2.75, 3.05) is 19.8 Å². The molecule has 0 aromatic heterocycles. The number of likely N-dealkylation sites (tertiary alicyclic amines) is 1. The van der Waals surface area contributed by atoms with Crippen LogP contribution in [-0.2, 0) is 4.74 Å². The van der Waals surface area contributed by atoms with Gasteiger partial charge in [0.25, 0.3) is 0 Å². The second-order valence-electron chi connectivity index (χ2n) is 5.10. The van der Waals surface area contributed by atoms with Crippen LogP contribution in [0.2, 0.25) is 0 Å². The van der Waals surface area contributed by atoms with Crippen molar-refractivity contribution < 1.29 is 14.6 Å². The molecular formula is C12H22N2O3. The topological polar surface area (TPSA) is 61.8 Å². The Kier molecular flexibility index (Phi) is 4.23. The van der Waals surface area contributed by atoms with Crippen molar-refractivity contribution in [1.29, 1.82) is 0 Å². The summed E-state index contributed by atoms with van der Waals surface area (Å²) in [6, 6.07) is 1.14. The normalized spacial score (nSPS) is 31.5. The first-order valence-electron chi connectivity index (χ1n) is 6.50. The summed E-state index contributed by atoms with van der Waals surface area (Å²) >= 11 is 0. The smallest absolute Gasteiger partial charge is 0.407 e. The van der Waals surface area contributed by atoms with Gasteiger partial charge in [-0.05, 0) is 32.6 Å². The zero-order valence-corrected chi connectivity index (χ0v) is 10.4. The van der Waals surface area contributed by atoms with E-state index in [0.29, 0.717) is 18.6 Å². The number of nitrogens with zero attached hydrogens (tertiary/aromatic N) is 1. The van der Waals surface area contributed by atoms with Gasteiger partial charge >= 0.3 is 6.09 Å². The number of hydrogen-bond donors (Lipinski definition) is 2. The summed E-state index contributed by atoms with van der Waals surface area (Å²) in [7, 11) is 0. The molecule has 5 nitrogen and oxygen atoms in total. The van der Waals surface area contributed by atoms with Gasteiger partial charge in [-0.3, -0.25) is 0 Å². The first-order valence-corrected chi connectivity index (χ1v) is 6.50. The standard InChI is InChI=1S/C12H22N2O3/c1-9-8-11(2-5-14(9)12(15)16)13-10-3-6-17-7-4-10/h9-11,13H,2-8H2,1H3,(H,15,16). The zero-order chi connectivity index (χ0) is 12.3. The van der Waals surface area contributed by atoms with Gasteiger partial charge in [0.1, 0.15) is 0 Å². The Bertz CT molecular complexity index is 266. The third kappa shape index (κ3) is 3.33. The van der Waals surface area contributed by atoms with Crippen LogP contribution in [0.25, 0.3) is 0 Å². The van der Waals surface area contributed by atoms with Crippen molar-refractivity contribution in [1.82, 2.24) is 10.2 Å². The van der Waals surface area contributed by atoms with E-state index in [2.05, 4.69) is 5.32 Å². The van der Waals surface area contributed by atoms with Crippen molar-refractivity contribution in [3.63, 3.8) is 0 Å². The summed E-state index contributed by atoms with van der Waals surface area (Å²) in [5.41, 5.74) is 0. The Morgan fingerprint density at radius 2 is 2.00 bits per heavy atom. The number of rotatable bonds is 2. The molecule has 98 valence electrons. The average molecular weight is 242 g/mol. The van der Waals surface area contributed by atoms with E-state index >= 15 is 0 Å². The highest BCUT2D eigenvalue weighted by molar-refractivity contribution is 5.65. The molecule has 2 atom stereocenters. The molecule has 0 spiro atoms. The van der Waals surface area contributed by atoms with E-state index in [-0.39, 0.29) is 6.04 Å². The van der Waals surface area contributed by atoms with E-state index in [0.717, 1.165) is 38.9 Å². The third-order valence-corrected chi connectivity index (χ3v) is 3.81. The molecule has 0 saturated carbocycles. The van der Waals surface area contributed by atoms with Crippen LogP contribution in [-0.4, -0.2) is 54.0 Å². The molecule has 0 bridgehead atoms.